The second kappa shape index (κ2) is 5.58. The van der Waals surface area contributed by atoms with E-state index < -0.39 is 0 Å². The van der Waals surface area contributed by atoms with E-state index in [2.05, 4.69) is 28.3 Å². The third kappa shape index (κ3) is 3.33. The molecule has 0 unspecified atom stereocenters. The molecule has 0 atom stereocenters. The van der Waals surface area contributed by atoms with E-state index in [4.69, 9.17) is 23.2 Å². The Bertz CT molecular complexity index is 573. The van der Waals surface area contributed by atoms with Gasteiger partial charge in [0.25, 0.3) is 0 Å². The van der Waals surface area contributed by atoms with Gasteiger partial charge in [0.05, 0.1) is 10.0 Å². The number of nitrogens with zero attached hydrogens (tertiary/aromatic N) is 1. The minimum Gasteiger partial charge on any atom is -0.350 e. The molecular weight excluding hydrogens is 279 g/mol. The van der Waals surface area contributed by atoms with E-state index >= 15 is 0 Å². The van der Waals surface area contributed by atoms with Crippen molar-refractivity contribution in [3.8, 4) is 0 Å². The van der Waals surface area contributed by atoms with Gasteiger partial charge in [0, 0.05) is 31.5 Å². The van der Waals surface area contributed by atoms with Gasteiger partial charge in [-0.15, -0.1) is 0 Å². The van der Waals surface area contributed by atoms with Crippen LogP contribution in [0.15, 0.2) is 36.7 Å². The minimum absolute atomic E-state index is 0.613. The maximum atomic E-state index is 6.20. The average molecular weight is 295 g/mol. The fourth-order valence-electron chi connectivity index (χ4n) is 2.11. The van der Waals surface area contributed by atoms with Crippen molar-refractivity contribution in [2.24, 2.45) is 0 Å². The van der Waals surface area contributed by atoms with Crippen LogP contribution >= 0.6 is 23.2 Å². The summed E-state index contributed by atoms with van der Waals surface area (Å²) in [4.78, 5) is 0. The van der Waals surface area contributed by atoms with E-state index in [1.165, 1.54) is 18.4 Å². The third-order valence-corrected chi connectivity index (χ3v) is 4.23. The number of hydrogen-bond acceptors (Lipinski definition) is 1. The zero-order valence-electron chi connectivity index (χ0n) is 10.6. The fraction of sp³-hybridized carbons (Fsp3) is 0.333. The van der Waals surface area contributed by atoms with E-state index in [-0.39, 0.29) is 0 Å². The Hall–Kier alpha value is -0.960. The minimum atomic E-state index is 0.613. The van der Waals surface area contributed by atoms with Crippen molar-refractivity contribution < 1.29 is 0 Å². The lowest BCUT2D eigenvalue weighted by atomic mass is 10.2. The largest absolute Gasteiger partial charge is 0.350 e. The fourth-order valence-corrected chi connectivity index (χ4v) is 2.49. The quantitative estimate of drug-likeness (QED) is 0.879. The highest BCUT2D eigenvalue weighted by Gasteiger charge is 2.19. The van der Waals surface area contributed by atoms with Gasteiger partial charge < -0.3 is 9.88 Å². The summed E-state index contributed by atoms with van der Waals surface area (Å²) in [6, 6.07) is 8.64. The molecule has 2 aromatic rings. The van der Waals surface area contributed by atoms with Crippen LogP contribution < -0.4 is 5.32 Å². The number of aromatic nitrogens is 1. The maximum absolute atomic E-state index is 6.20. The summed E-state index contributed by atoms with van der Waals surface area (Å²) in [6.07, 6.45) is 6.88. The van der Waals surface area contributed by atoms with E-state index in [0.717, 1.165) is 24.7 Å². The zero-order chi connectivity index (χ0) is 13.2. The van der Waals surface area contributed by atoms with Crippen LogP contribution in [0.3, 0.4) is 0 Å². The maximum Gasteiger partial charge on any atom is 0.0642 e. The van der Waals surface area contributed by atoms with Gasteiger partial charge in [-0.3, -0.25) is 0 Å². The van der Waals surface area contributed by atoms with Gasteiger partial charge in [-0.25, -0.2) is 0 Å². The van der Waals surface area contributed by atoms with Crippen molar-refractivity contribution in [3.05, 3.63) is 57.8 Å². The van der Waals surface area contributed by atoms with Crippen LogP contribution in [0.1, 0.15) is 24.0 Å². The Labute approximate surface area is 123 Å². The second-order valence-corrected chi connectivity index (χ2v) is 5.85. The topological polar surface area (TPSA) is 17.0 Å². The smallest absolute Gasteiger partial charge is 0.0642 e. The van der Waals surface area contributed by atoms with Crippen molar-refractivity contribution in [2.75, 3.05) is 0 Å². The first-order chi connectivity index (χ1) is 9.22. The summed E-state index contributed by atoms with van der Waals surface area (Å²) >= 11 is 12.2. The summed E-state index contributed by atoms with van der Waals surface area (Å²) in [5.41, 5.74) is 2.36. The van der Waals surface area contributed by atoms with Crippen LogP contribution in [-0.4, -0.2) is 10.6 Å². The van der Waals surface area contributed by atoms with Gasteiger partial charge >= 0.3 is 0 Å². The molecule has 19 heavy (non-hydrogen) atoms. The molecule has 0 aliphatic heterocycles. The summed E-state index contributed by atoms with van der Waals surface area (Å²) < 4.78 is 2.14. The summed E-state index contributed by atoms with van der Waals surface area (Å²) in [6.45, 7) is 1.70. The molecule has 1 N–H and O–H groups in total. The molecule has 0 spiro atoms. The lowest BCUT2D eigenvalue weighted by molar-refractivity contribution is 0.685. The Morgan fingerprint density at radius 1 is 1.21 bits per heavy atom. The monoisotopic (exact) mass is 294 g/mol. The molecule has 0 bridgehead atoms. The number of benzene rings is 1. The molecule has 1 aliphatic rings. The van der Waals surface area contributed by atoms with Crippen LogP contribution in [0.2, 0.25) is 10.0 Å². The number of rotatable bonds is 5. The molecule has 0 radical (unpaired) electrons. The Morgan fingerprint density at radius 2 is 2.05 bits per heavy atom. The lowest BCUT2D eigenvalue weighted by Crippen LogP contribution is -2.14. The summed E-state index contributed by atoms with van der Waals surface area (Å²) in [5, 5.41) is 4.77. The molecule has 4 heteroatoms. The lowest BCUT2D eigenvalue weighted by Gasteiger charge is -2.07. The molecule has 2 nitrogen and oxygen atoms in total. The molecule has 0 amide bonds. The molecule has 0 saturated heterocycles. The van der Waals surface area contributed by atoms with Crippen molar-refractivity contribution >= 4 is 23.2 Å². The van der Waals surface area contributed by atoms with E-state index in [1.54, 1.807) is 0 Å². The Kier molecular flexibility index (Phi) is 3.83. The van der Waals surface area contributed by atoms with Gasteiger partial charge in [-0.05, 0) is 36.1 Å². The molecule has 100 valence electrons. The van der Waals surface area contributed by atoms with Crippen molar-refractivity contribution in [1.29, 1.82) is 0 Å². The normalized spacial score (nSPS) is 14.8. The molecule has 1 fully saturated rings. The van der Waals surface area contributed by atoms with Crippen molar-refractivity contribution in [1.82, 2.24) is 9.88 Å². The number of halogens is 2. The second-order valence-electron chi connectivity index (χ2n) is 5.06. The third-order valence-electron chi connectivity index (χ3n) is 3.37. The highest BCUT2D eigenvalue weighted by atomic mass is 35.5. The first-order valence-corrected chi connectivity index (χ1v) is 7.29. The van der Waals surface area contributed by atoms with Gasteiger partial charge in [-0.2, -0.15) is 0 Å². The zero-order valence-corrected chi connectivity index (χ0v) is 12.1. The van der Waals surface area contributed by atoms with Gasteiger partial charge in [0.1, 0.15) is 0 Å². The SMILES string of the molecule is Clc1cccc(Cn2ccc(CNC3CC3)c2)c1Cl. The van der Waals surface area contributed by atoms with E-state index in [0.29, 0.717) is 10.0 Å². The summed E-state index contributed by atoms with van der Waals surface area (Å²) in [7, 11) is 0. The van der Waals surface area contributed by atoms with E-state index in [9.17, 15) is 0 Å². The van der Waals surface area contributed by atoms with Gasteiger partial charge in [0.15, 0.2) is 0 Å². The molecule has 1 saturated carbocycles. The van der Waals surface area contributed by atoms with Crippen LogP contribution in [0.25, 0.3) is 0 Å². The molecule has 1 aromatic heterocycles. The Balaban J connectivity index is 1.67. The number of hydrogen-bond donors (Lipinski definition) is 1. The molecule has 1 heterocycles. The first-order valence-electron chi connectivity index (χ1n) is 6.53. The van der Waals surface area contributed by atoms with Crippen LogP contribution in [-0.2, 0) is 13.1 Å². The highest BCUT2D eigenvalue weighted by Crippen LogP contribution is 2.26. The molecular formula is C15H16Cl2N2. The van der Waals surface area contributed by atoms with Gasteiger partial charge in [-0.1, -0.05) is 35.3 Å². The van der Waals surface area contributed by atoms with Gasteiger partial charge in [0.2, 0.25) is 0 Å². The average Bonchev–Trinajstić information content (AvgIpc) is 3.13. The Morgan fingerprint density at radius 3 is 2.84 bits per heavy atom. The first kappa shape index (κ1) is 13.0. The van der Waals surface area contributed by atoms with E-state index in [1.807, 2.05) is 18.2 Å². The van der Waals surface area contributed by atoms with Crippen LogP contribution in [0.4, 0.5) is 0 Å². The predicted molar refractivity (Wildman–Crippen MR) is 79.9 cm³/mol. The van der Waals surface area contributed by atoms with Crippen molar-refractivity contribution in [2.45, 2.75) is 32.0 Å². The standard InChI is InChI=1S/C15H16Cl2N2/c16-14-3-1-2-12(15(14)17)10-19-7-6-11(9-19)8-18-13-4-5-13/h1-3,6-7,9,13,18H,4-5,8,10H2. The number of nitrogens with one attached hydrogen (secondary N) is 1. The highest BCUT2D eigenvalue weighted by molar-refractivity contribution is 6.42. The molecule has 1 aromatic carbocycles. The van der Waals surface area contributed by atoms with Crippen LogP contribution in [0.5, 0.6) is 0 Å². The molecule has 1 aliphatic carbocycles. The predicted octanol–water partition coefficient (Wildman–Crippen LogP) is 4.10. The van der Waals surface area contributed by atoms with Crippen LogP contribution in [0, 0.1) is 0 Å². The van der Waals surface area contributed by atoms with Crippen molar-refractivity contribution in [3.63, 3.8) is 0 Å². The summed E-state index contributed by atoms with van der Waals surface area (Å²) in [5.74, 6) is 0. The molecule has 3 rings (SSSR count).